The highest BCUT2D eigenvalue weighted by Gasteiger charge is 2.37. The Kier molecular flexibility index (Phi) is 14.4. The first-order valence-corrected chi connectivity index (χ1v) is 23.2. The number of sulfone groups is 1. The minimum atomic E-state index is -4.00. The van der Waals surface area contributed by atoms with Gasteiger partial charge in [0.05, 0.1) is 24.5 Å². The highest BCUT2D eigenvalue weighted by Crippen LogP contribution is 2.41. The van der Waals surface area contributed by atoms with Gasteiger partial charge in [-0.05, 0) is 87.6 Å². The number of rotatable bonds is 11. The van der Waals surface area contributed by atoms with Crippen LogP contribution in [-0.4, -0.2) is 105 Å². The van der Waals surface area contributed by atoms with E-state index in [0.717, 1.165) is 47.1 Å². The van der Waals surface area contributed by atoms with Gasteiger partial charge in [-0.1, -0.05) is 24.3 Å². The number of aromatic nitrogens is 4. The Labute approximate surface area is 399 Å². The molecule has 0 radical (unpaired) electrons. The van der Waals surface area contributed by atoms with E-state index >= 15 is 0 Å². The molecule has 4 aromatic carbocycles. The number of hydrogen-bond acceptors (Lipinski definition) is 12. The molecule has 0 saturated heterocycles. The van der Waals surface area contributed by atoms with E-state index < -0.39 is 61.7 Å². The summed E-state index contributed by atoms with van der Waals surface area (Å²) >= 11 is 0. The number of carbonyl (C=O) groups is 4. The fraction of sp³-hybridized carbons (Fsp3) is 0.234. The van der Waals surface area contributed by atoms with E-state index in [1.54, 1.807) is 37.3 Å². The summed E-state index contributed by atoms with van der Waals surface area (Å²) < 4.78 is 83.7. The number of carbonyl (C=O) groups excluding carboxylic acids is 4. The zero-order chi connectivity index (χ0) is 50.8. The number of anilines is 5. The molecule has 18 nitrogen and oxygen atoms in total. The standard InChI is InChI=1S/C25H27F2N7O2.C22H19F2N5O4S/c1-14-8-9-15(23(35)28-2)12-16(14)20-17-13-30-25(36)34(21-18(26)6-5-7-19(21)27)22(17)32-24(31-20)29-10-11-33(3)4;1-11-7-8-12(20(30)25-2)9-13(11)17-14-10-26-22(31)29(18-15(23)5-4-6-16(18)24)19(14)28-21(27-17)34(3,32)33/h5-9,12H,10-11,13H2,1-4H3,(H,28,35)(H,30,36)(H,29,31,32);4-9H,10H2,1-3H3,(H,25,30)(H,26,31). The lowest BCUT2D eigenvalue weighted by molar-refractivity contribution is 0.0955. The van der Waals surface area contributed by atoms with Gasteiger partial charge >= 0.3 is 12.1 Å². The van der Waals surface area contributed by atoms with Crippen LogP contribution >= 0.6 is 0 Å². The second kappa shape index (κ2) is 20.3. The predicted octanol–water partition coefficient (Wildman–Crippen LogP) is 6.28. The van der Waals surface area contributed by atoms with Gasteiger partial charge in [0.2, 0.25) is 20.9 Å². The molecule has 2 aliphatic heterocycles. The van der Waals surface area contributed by atoms with Crippen LogP contribution in [0.3, 0.4) is 0 Å². The van der Waals surface area contributed by atoms with Gasteiger partial charge in [0, 0.05) is 66.8 Å². The number of halogens is 4. The van der Waals surface area contributed by atoms with Gasteiger partial charge in [-0.3, -0.25) is 9.59 Å². The maximum atomic E-state index is 14.8. The van der Waals surface area contributed by atoms with Crippen molar-refractivity contribution in [1.29, 1.82) is 0 Å². The molecule has 0 spiro atoms. The highest BCUT2D eigenvalue weighted by atomic mass is 32.2. The normalized spacial score (nSPS) is 13.1. The van der Waals surface area contributed by atoms with E-state index in [2.05, 4.69) is 41.5 Å². The van der Waals surface area contributed by atoms with Crippen molar-refractivity contribution in [3.05, 3.63) is 129 Å². The summed E-state index contributed by atoms with van der Waals surface area (Å²) in [6.45, 7) is 4.66. The molecule has 0 aliphatic carbocycles. The first-order valence-electron chi connectivity index (χ1n) is 21.3. The third-order valence-corrected chi connectivity index (χ3v) is 11.9. The third kappa shape index (κ3) is 10.1. The molecule has 2 aliphatic rings. The maximum absolute atomic E-state index is 14.8. The lowest BCUT2D eigenvalue weighted by atomic mass is 9.97. The van der Waals surface area contributed by atoms with Crippen molar-refractivity contribution in [2.24, 2.45) is 0 Å². The summed E-state index contributed by atoms with van der Waals surface area (Å²) in [5, 5.41) is 12.8. The molecule has 2 aromatic heterocycles. The lowest BCUT2D eigenvalue weighted by Crippen LogP contribution is -2.43. The van der Waals surface area contributed by atoms with Crippen molar-refractivity contribution in [3.63, 3.8) is 0 Å². The van der Waals surface area contributed by atoms with Crippen LogP contribution in [0.4, 0.5) is 56.1 Å². The van der Waals surface area contributed by atoms with Crippen LogP contribution in [0.5, 0.6) is 0 Å². The number of nitrogens with one attached hydrogen (secondary N) is 5. The average Bonchev–Trinajstić information content (AvgIpc) is 3.31. The number of para-hydroxylation sites is 2. The largest absolute Gasteiger partial charge is 0.355 e. The van der Waals surface area contributed by atoms with E-state index in [-0.39, 0.29) is 59.3 Å². The van der Waals surface area contributed by atoms with Crippen LogP contribution in [-0.2, 0) is 22.9 Å². The molecule has 8 rings (SSSR count). The summed E-state index contributed by atoms with van der Waals surface area (Å²) in [5.74, 6) is -4.57. The number of benzene rings is 4. The van der Waals surface area contributed by atoms with Crippen molar-refractivity contribution in [3.8, 4) is 22.5 Å². The summed E-state index contributed by atoms with van der Waals surface area (Å²) in [7, 11) is 2.84. The lowest BCUT2D eigenvalue weighted by Gasteiger charge is -2.31. The second-order valence-electron chi connectivity index (χ2n) is 16.2. The topological polar surface area (TPSA) is 224 Å². The summed E-state index contributed by atoms with van der Waals surface area (Å²) in [6, 6.07) is 14.8. The van der Waals surface area contributed by atoms with Gasteiger partial charge in [0.15, 0.2) is 11.6 Å². The number of amides is 6. The van der Waals surface area contributed by atoms with E-state index in [4.69, 9.17) is 4.98 Å². The summed E-state index contributed by atoms with van der Waals surface area (Å²) in [6.07, 6.45) is 0.878. The average molecular weight is 983 g/mol. The van der Waals surface area contributed by atoms with E-state index in [0.29, 0.717) is 51.5 Å². The Bertz CT molecular complexity index is 3170. The first kappa shape index (κ1) is 49.8. The second-order valence-corrected chi connectivity index (χ2v) is 18.1. The Morgan fingerprint density at radius 1 is 0.671 bits per heavy atom. The molecule has 364 valence electrons. The zero-order valence-corrected chi connectivity index (χ0v) is 39.6. The smallest absolute Gasteiger partial charge is 0.328 e. The van der Waals surface area contributed by atoms with Crippen molar-refractivity contribution in [2.75, 3.05) is 62.7 Å². The van der Waals surface area contributed by atoms with Crippen LogP contribution in [0.15, 0.2) is 78.0 Å². The number of likely N-dealkylation sites (N-methyl/N-ethyl adjacent to an activating group) is 1. The third-order valence-electron chi connectivity index (χ3n) is 11.1. The number of aryl methyl sites for hydroxylation is 2. The minimum absolute atomic E-state index is 0.0394. The van der Waals surface area contributed by atoms with Crippen molar-refractivity contribution >= 4 is 62.7 Å². The molecule has 0 atom stereocenters. The first-order chi connectivity index (χ1) is 33.2. The monoisotopic (exact) mass is 982 g/mol. The van der Waals surface area contributed by atoms with Gasteiger partial charge in [-0.15, -0.1) is 0 Å². The van der Waals surface area contributed by atoms with Crippen LogP contribution in [0.25, 0.3) is 22.5 Å². The Hall–Kier alpha value is -8.05. The molecule has 0 bridgehead atoms. The number of hydrogen-bond donors (Lipinski definition) is 5. The van der Waals surface area contributed by atoms with Crippen LogP contribution < -0.4 is 36.4 Å². The minimum Gasteiger partial charge on any atom is -0.355 e. The molecule has 23 heteroatoms. The quantitative estimate of drug-likeness (QED) is 0.0715. The van der Waals surface area contributed by atoms with E-state index in [9.17, 15) is 45.2 Å². The van der Waals surface area contributed by atoms with Gasteiger partial charge in [-0.25, -0.2) is 55.3 Å². The van der Waals surface area contributed by atoms with Crippen LogP contribution in [0.2, 0.25) is 0 Å². The Balaban J connectivity index is 0.000000207. The molecule has 4 heterocycles. The Morgan fingerprint density at radius 2 is 1.10 bits per heavy atom. The number of nitrogens with zero attached hydrogens (tertiary/aromatic N) is 7. The molecule has 0 saturated carbocycles. The van der Waals surface area contributed by atoms with Crippen LogP contribution in [0.1, 0.15) is 43.0 Å². The maximum Gasteiger partial charge on any atom is 0.328 e. The fourth-order valence-corrected chi connectivity index (χ4v) is 8.03. The van der Waals surface area contributed by atoms with E-state index in [1.165, 1.54) is 26.2 Å². The molecular weight excluding hydrogens is 937 g/mol. The SMILES string of the molecule is CNC(=O)c1ccc(C)c(-c2nc(NCCN(C)C)nc3c2CNC(=O)N3c2c(F)cccc2F)c1.CNC(=O)c1ccc(C)c(-c2nc(S(C)(=O)=O)nc3c2CNC(=O)N3c2c(F)cccc2F)c1. The number of urea groups is 2. The van der Waals surface area contributed by atoms with Crippen LogP contribution in [0, 0.1) is 37.1 Å². The molecule has 0 fully saturated rings. The summed E-state index contributed by atoms with van der Waals surface area (Å²) in [5.41, 5.74) is 3.21. The van der Waals surface area contributed by atoms with E-state index in [1.807, 2.05) is 25.9 Å². The molecule has 5 N–H and O–H groups in total. The fourth-order valence-electron chi connectivity index (χ4n) is 7.53. The van der Waals surface area contributed by atoms with Crippen molar-refractivity contribution < 1.29 is 45.2 Å². The van der Waals surface area contributed by atoms with Gasteiger partial charge in [-0.2, -0.15) is 9.97 Å². The number of fused-ring (bicyclic) bond motifs is 2. The van der Waals surface area contributed by atoms with Gasteiger partial charge in [0.25, 0.3) is 11.8 Å². The van der Waals surface area contributed by atoms with Crippen molar-refractivity contribution in [1.82, 2.24) is 46.1 Å². The Morgan fingerprint density at radius 3 is 1.51 bits per heavy atom. The molecular formula is C47H46F4N12O6S. The van der Waals surface area contributed by atoms with Gasteiger partial charge in [0.1, 0.15) is 34.6 Å². The van der Waals surface area contributed by atoms with Gasteiger partial charge < -0.3 is 31.5 Å². The zero-order valence-electron chi connectivity index (χ0n) is 38.8. The summed E-state index contributed by atoms with van der Waals surface area (Å²) in [4.78, 5) is 71.1. The predicted molar refractivity (Wildman–Crippen MR) is 253 cm³/mol. The molecule has 6 aromatic rings. The van der Waals surface area contributed by atoms with Crippen molar-refractivity contribution in [2.45, 2.75) is 32.1 Å². The molecule has 70 heavy (non-hydrogen) atoms. The molecule has 0 unspecified atom stereocenters. The molecule has 6 amide bonds. The highest BCUT2D eigenvalue weighted by molar-refractivity contribution is 7.90.